The summed E-state index contributed by atoms with van der Waals surface area (Å²) in [4.78, 5) is 21.6. The van der Waals surface area contributed by atoms with E-state index in [-0.39, 0.29) is 12.0 Å². The number of benzene rings is 1. The van der Waals surface area contributed by atoms with Gasteiger partial charge in [0.1, 0.15) is 0 Å². The van der Waals surface area contributed by atoms with Crippen molar-refractivity contribution < 1.29 is 9.53 Å². The molecule has 2 unspecified atom stereocenters. The molecule has 2 saturated heterocycles. The fourth-order valence-corrected chi connectivity index (χ4v) is 5.21. The zero-order chi connectivity index (χ0) is 22.3. The summed E-state index contributed by atoms with van der Waals surface area (Å²) in [6.07, 6.45) is 5.83. The van der Waals surface area contributed by atoms with Gasteiger partial charge in [-0.05, 0) is 37.3 Å². The number of ether oxygens (including phenoxy) is 1. The lowest BCUT2D eigenvalue weighted by Crippen LogP contribution is -2.45. The second kappa shape index (κ2) is 11.1. The number of likely N-dealkylation sites (tertiary alicyclic amines) is 1. The molecule has 0 radical (unpaired) electrons. The van der Waals surface area contributed by atoms with Gasteiger partial charge in [0.15, 0.2) is 5.96 Å². The van der Waals surface area contributed by atoms with E-state index in [1.807, 2.05) is 7.05 Å². The van der Waals surface area contributed by atoms with Gasteiger partial charge in [-0.25, -0.2) is 0 Å². The first-order chi connectivity index (χ1) is 15.6. The van der Waals surface area contributed by atoms with E-state index in [4.69, 9.17) is 4.74 Å². The van der Waals surface area contributed by atoms with Gasteiger partial charge in [-0.15, -0.1) is 0 Å². The predicted octanol–water partition coefficient (Wildman–Crippen LogP) is 2.36. The molecule has 0 aromatic heterocycles. The normalized spacial score (nSPS) is 25.3. The van der Waals surface area contributed by atoms with Gasteiger partial charge in [0, 0.05) is 58.3 Å². The van der Waals surface area contributed by atoms with Crippen molar-refractivity contribution in [2.75, 3.05) is 39.8 Å². The minimum Gasteiger partial charge on any atom is -0.376 e. The number of guanidine groups is 1. The summed E-state index contributed by atoms with van der Waals surface area (Å²) in [5.74, 6) is 1.43. The number of rotatable bonds is 6. The summed E-state index contributed by atoms with van der Waals surface area (Å²) in [6.45, 7) is 8.25. The summed E-state index contributed by atoms with van der Waals surface area (Å²) in [5.41, 5.74) is 2.58. The number of aliphatic imine (C=N–C) groups is 1. The van der Waals surface area contributed by atoms with Crippen LogP contribution in [0, 0.1) is 5.92 Å². The van der Waals surface area contributed by atoms with E-state index in [1.54, 1.807) is 0 Å². The molecular weight excluding hydrogens is 402 g/mol. The molecule has 176 valence electrons. The van der Waals surface area contributed by atoms with Crippen molar-refractivity contribution in [2.24, 2.45) is 10.9 Å². The first-order valence-electron chi connectivity index (χ1n) is 12.3. The summed E-state index contributed by atoms with van der Waals surface area (Å²) in [5, 5.41) is 6.97. The zero-order valence-electron chi connectivity index (χ0n) is 19.7. The molecule has 3 aliphatic rings. The Balaban J connectivity index is 1.23. The molecule has 7 nitrogen and oxygen atoms in total. The van der Waals surface area contributed by atoms with Crippen molar-refractivity contribution in [3.8, 4) is 0 Å². The van der Waals surface area contributed by atoms with Crippen LogP contribution in [0.2, 0.25) is 0 Å². The summed E-state index contributed by atoms with van der Waals surface area (Å²) in [7, 11) is 1.81. The number of nitrogens with zero attached hydrogens (tertiary/aromatic N) is 3. The summed E-state index contributed by atoms with van der Waals surface area (Å²) < 4.78 is 5.65. The highest BCUT2D eigenvalue weighted by atomic mass is 16.5. The fourth-order valence-electron chi connectivity index (χ4n) is 5.21. The lowest BCUT2D eigenvalue weighted by atomic mass is 10.1. The van der Waals surface area contributed by atoms with E-state index in [0.717, 1.165) is 71.1 Å². The van der Waals surface area contributed by atoms with E-state index < -0.39 is 0 Å². The van der Waals surface area contributed by atoms with Gasteiger partial charge in [0.05, 0.1) is 12.7 Å². The van der Waals surface area contributed by atoms with Crippen molar-refractivity contribution in [3.05, 3.63) is 35.4 Å². The molecule has 2 N–H and O–H groups in total. The van der Waals surface area contributed by atoms with Crippen LogP contribution in [0.1, 0.15) is 50.2 Å². The maximum atomic E-state index is 12.7. The Labute approximate surface area is 192 Å². The van der Waals surface area contributed by atoms with Crippen LogP contribution >= 0.6 is 0 Å². The smallest absolute Gasteiger partial charge is 0.225 e. The molecule has 1 saturated carbocycles. The van der Waals surface area contributed by atoms with Gasteiger partial charge in [-0.2, -0.15) is 0 Å². The van der Waals surface area contributed by atoms with Crippen molar-refractivity contribution in [1.29, 1.82) is 0 Å². The molecular formula is C25H39N5O2. The Morgan fingerprint density at radius 2 is 1.97 bits per heavy atom. The molecule has 1 aliphatic carbocycles. The van der Waals surface area contributed by atoms with Gasteiger partial charge in [-0.3, -0.25) is 14.7 Å². The Hall–Kier alpha value is -2.12. The van der Waals surface area contributed by atoms with E-state index in [2.05, 4.69) is 56.6 Å². The third-order valence-electron chi connectivity index (χ3n) is 6.95. The van der Waals surface area contributed by atoms with Crippen LogP contribution in [0.15, 0.2) is 29.3 Å². The first kappa shape index (κ1) is 23.1. The third-order valence-corrected chi connectivity index (χ3v) is 6.95. The fraction of sp³-hybridized carbons (Fsp3) is 0.680. The second-order valence-corrected chi connectivity index (χ2v) is 9.56. The lowest BCUT2D eigenvalue weighted by Gasteiger charge is -2.31. The number of nitrogens with one attached hydrogen (secondary N) is 2. The number of hydrogen-bond donors (Lipinski definition) is 2. The van der Waals surface area contributed by atoms with Crippen LogP contribution in [0.25, 0.3) is 0 Å². The molecule has 1 aromatic rings. The molecule has 7 heteroatoms. The maximum absolute atomic E-state index is 12.7. The van der Waals surface area contributed by atoms with Gasteiger partial charge < -0.3 is 20.3 Å². The first-order valence-corrected chi connectivity index (χ1v) is 12.3. The highest BCUT2D eigenvalue weighted by molar-refractivity contribution is 5.81. The Kier molecular flexibility index (Phi) is 8.03. The van der Waals surface area contributed by atoms with E-state index in [9.17, 15) is 4.79 Å². The predicted molar refractivity (Wildman–Crippen MR) is 127 cm³/mol. The van der Waals surface area contributed by atoms with Crippen LogP contribution in [0.4, 0.5) is 0 Å². The van der Waals surface area contributed by atoms with Crippen LogP contribution in [0.5, 0.6) is 0 Å². The second-order valence-electron chi connectivity index (χ2n) is 9.56. The minimum absolute atomic E-state index is 0.263. The van der Waals surface area contributed by atoms with Crippen LogP contribution in [-0.2, 0) is 22.6 Å². The van der Waals surface area contributed by atoms with Crippen LogP contribution in [-0.4, -0.2) is 73.6 Å². The summed E-state index contributed by atoms with van der Waals surface area (Å²) in [6, 6.07) is 9.03. The quantitative estimate of drug-likeness (QED) is 0.524. The van der Waals surface area contributed by atoms with Gasteiger partial charge in [0.25, 0.3) is 0 Å². The standard InChI is InChI=1S/C25H39N5O2/c1-19-16-29(12-13-32-19)17-21-7-5-6-20(14-21)15-27-25(26-2)28-23-10-11-30(18-23)24(31)22-8-3-4-9-22/h5-7,14,19,22-23H,3-4,8-13,15-18H2,1-2H3,(H2,26,27,28). The van der Waals surface area contributed by atoms with Crippen molar-refractivity contribution in [1.82, 2.24) is 20.4 Å². The number of morpholine rings is 1. The highest BCUT2D eigenvalue weighted by Crippen LogP contribution is 2.27. The number of amides is 1. The molecule has 1 amide bonds. The van der Waals surface area contributed by atoms with Gasteiger partial charge >= 0.3 is 0 Å². The monoisotopic (exact) mass is 441 g/mol. The van der Waals surface area contributed by atoms with Gasteiger partial charge in [-0.1, -0.05) is 37.1 Å². The Morgan fingerprint density at radius 1 is 1.16 bits per heavy atom. The average molecular weight is 442 g/mol. The topological polar surface area (TPSA) is 69.2 Å². The lowest BCUT2D eigenvalue weighted by molar-refractivity contribution is -0.134. The molecule has 1 aromatic carbocycles. The third kappa shape index (κ3) is 6.23. The number of hydrogen-bond acceptors (Lipinski definition) is 4. The Morgan fingerprint density at radius 3 is 2.75 bits per heavy atom. The van der Waals surface area contributed by atoms with E-state index in [0.29, 0.717) is 12.0 Å². The van der Waals surface area contributed by atoms with E-state index in [1.165, 1.54) is 24.0 Å². The van der Waals surface area contributed by atoms with E-state index >= 15 is 0 Å². The molecule has 3 fully saturated rings. The highest BCUT2D eigenvalue weighted by Gasteiger charge is 2.32. The largest absolute Gasteiger partial charge is 0.376 e. The number of carbonyl (C=O) groups is 1. The molecule has 2 aliphatic heterocycles. The molecule has 32 heavy (non-hydrogen) atoms. The summed E-state index contributed by atoms with van der Waals surface area (Å²) >= 11 is 0. The Bertz CT molecular complexity index is 792. The molecule has 0 bridgehead atoms. The number of carbonyl (C=O) groups excluding carboxylic acids is 1. The van der Waals surface area contributed by atoms with Crippen molar-refractivity contribution >= 4 is 11.9 Å². The zero-order valence-corrected chi connectivity index (χ0v) is 19.7. The molecule has 4 rings (SSSR count). The minimum atomic E-state index is 0.263. The maximum Gasteiger partial charge on any atom is 0.225 e. The van der Waals surface area contributed by atoms with Gasteiger partial charge in [0.2, 0.25) is 5.91 Å². The van der Waals surface area contributed by atoms with Crippen molar-refractivity contribution in [2.45, 2.75) is 64.3 Å². The molecule has 2 heterocycles. The van der Waals surface area contributed by atoms with Crippen molar-refractivity contribution in [3.63, 3.8) is 0 Å². The average Bonchev–Trinajstić information content (AvgIpc) is 3.49. The SMILES string of the molecule is CN=C(NCc1cccc(CN2CCOC(C)C2)c1)NC1CCN(C(=O)C2CCCC2)C1. The molecule has 0 spiro atoms. The van der Waals surface area contributed by atoms with Crippen LogP contribution < -0.4 is 10.6 Å². The molecule has 2 atom stereocenters. The van der Waals surface area contributed by atoms with Crippen LogP contribution in [0.3, 0.4) is 0 Å².